The summed E-state index contributed by atoms with van der Waals surface area (Å²) in [6, 6.07) is 9.53. The van der Waals surface area contributed by atoms with Crippen molar-refractivity contribution < 1.29 is 27.9 Å². The highest BCUT2D eigenvalue weighted by atomic mass is 35.5. The van der Waals surface area contributed by atoms with Crippen molar-refractivity contribution in [1.29, 1.82) is 0 Å². The second-order valence-electron chi connectivity index (χ2n) is 8.46. The Bertz CT molecular complexity index is 1390. The number of morpholine rings is 1. The number of benzene rings is 2. The molecule has 1 aliphatic rings. The average Bonchev–Trinajstić information content (AvgIpc) is 3.32. The summed E-state index contributed by atoms with van der Waals surface area (Å²) in [7, 11) is -4.22. The third-order valence-corrected chi connectivity index (χ3v) is 8.09. The quantitative estimate of drug-likeness (QED) is 0.341. The minimum Gasteiger partial charge on any atom is -0.481 e. The van der Waals surface area contributed by atoms with Gasteiger partial charge in [-0.2, -0.15) is 4.72 Å². The molecule has 0 bridgehead atoms. The Morgan fingerprint density at radius 1 is 1.08 bits per heavy atom. The third kappa shape index (κ3) is 6.85. The maximum atomic E-state index is 13.1. The lowest BCUT2D eigenvalue weighted by Crippen LogP contribution is -2.44. The van der Waals surface area contributed by atoms with Crippen molar-refractivity contribution in [3.63, 3.8) is 0 Å². The first-order chi connectivity index (χ1) is 18.1. The highest BCUT2D eigenvalue weighted by Crippen LogP contribution is 2.26. The second-order valence-corrected chi connectivity index (χ2v) is 11.0. The van der Waals surface area contributed by atoms with E-state index in [4.69, 9.17) is 27.9 Å². The topological polar surface area (TPSA) is 157 Å². The van der Waals surface area contributed by atoms with Crippen LogP contribution in [0.1, 0.15) is 17.8 Å². The van der Waals surface area contributed by atoms with Crippen molar-refractivity contribution in [2.75, 3.05) is 31.2 Å². The molecule has 0 saturated carbocycles. The number of carbonyl (C=O) groups is 2. The molecule has 0 spiro atoms. The van der Waals surface area contributed by atoms with E-state index in [-0.39, 0.29) is 17.1 Å². The summed E-state index contributed by atoms with van der Waals surface area (Å²) >= 11 is 12.4. The van der Waals surface area contributed by atoms with Crippen LogP contribution in [0.3, 0.4) is 0 Å². The Kier molecular flexibility index (Phi) is 8.95. The predicted molar refractivity (Wildman–Crippen MR) is 138 cm³/mol. The number of anilines is 1. The Hall–Kier alpha value is -3.10. The van der Waals surface area contributed by atoms with Crippen molar-refractivity contribution in [1.82, 2.24) is 24.9 Å². The number of hydrogen-bond donors (Lipinski definition) is 2. The number of ketones is 1. The molecule has 1 unspecified atom stereocenters. The van der Waals surface area contributed by atoms with Gasteiger partial charge in [0.05, 0.1) is 30.6 Å². The predicted octanol–water partition coefficient (Wildman–Crippen LogP) is 1.80. The summed E-state index contributed by atoms with van der Waals surface area (Å²) < 4.78 is 34.8. The monoisotopic (exact) mass is 582 g/mol. The zero-order valence-corrected chi connectivity index (χ0v) is 22.3. The standard InChI is InChI=1S/C23H24Cl2N6O6S/c24-18-2-1-3-19(25)17(18)12-22-26-28-29-31(22)14-21(32)20(13-23(33)34)27-38(35,36)16-6-4-15(5-7-16)30-8-10-37-11-9-30/h1-7,20,27H,8-14H2,(H,33,34). The third-order valence-electron chi connectivity index (χ3n) is 5.90. The number of tetrazole rings is 1. The molecule has 1 aliphatic heterocycles. The molecule has 38 heavy (non-hydrogen) atoms. The van der Waals surface area contributed by atoms with Crippen molar-refractivity contribution in [3.8, 4) is 0 Å². The summed E-state index contributed by atoms with van der Waals surface area (Å²) in [5.41, 5.74) is 1.37. The van der Waals surface area contributed by atoms with E-state index in [9.17, 15) is 23.1 Å². The molecular formula is C23H24Cl2N6O6S. The van der Waals surface area contributed by atoms with Gasteiger partial charge in [0, 0.05) is 35.2 Å². The van der Waals surface area contributed by atoms with Crippen LogP contribution in [0.15, 0.2) is 47.4 Å². The van der Waals surface area contributed by atoms with Gasteiger partial charge in [0.25, 0.3) is 0 Å². The van der Waals surface area contributed by atoms with E-state index >= 15 is 0 Å². The lowest BCUT2D eigenvalue weighted by Gasteiger charge is -2.28. The van der Waals surface area contributed by atoms with Gasteiger partial charge >= 0.3 is 5.97 Å². The van der Waals surface area contributed by atoms with Crippen LogP contribution in [0.25, 0.3) is 0 Å². The largest absolute Gasteiger partial charge is 0.481 e. The number of carboxylic acids is 1. The number of ether oxygens (including phenoxy) is 1. The summed E-state index contributed by atoms with van der Waals surface area (Å²) in [5, 5.41) is 21.4. The Morgan fingerprint density at radius 3 is 2.37 bits per heavy atom. The second kappa shape index (κ2) is 12.2. The fourth-order valence-electron chi connectivity index (χ4n) is 3.90. The van der Waals surface area contributed by atoms with Crippen LogP contribution in [0.4, 0.5) is 5.69 Å². The Morgan fingerprint density at radius 2 is 1.74 bits per heavy atom. The number of aromatic nitrogens is 4. The number of nitrogens with zero attached hydrogens (tertiary/aromatic N) is 5. The van der Waals surface area contributed by atoms with E-state index in [1.165, 1.54) is 12.1 Å². The summed E-state index contributed by atoms with van der Waals surface area (Å²) in [4.78, 5) is 26.5. The highest BCUT2D eigenvalue weighted by Gasteiger charge is 2.29. The molecule has 12 nitrogen and oxygen atoms in total. The smallest absolute Gasteiger partial charge is 0.305 e. The van der Waals surface area contributed by atoms with Gasteiger partial charge in [-0.05, 0) is 52.4 Å². The molecule has 3 aromatic rings. The van der Waals surface area contributed by atoms with Crippen LogP contribution in [0.5, 0.6) is 0 Å². The SMILES string of the molecule is O=C(O)CC(NS(=O)(=O)c1ccc(N2CCOCC2)cc1)C(=O)Cn1nnnc1Cc1c(Cl)cccc1Cl. The van der Waals surface area contributed by atoms with E-state index in [0.29, 0.717) is 41.9 Å². The summed E-state index contributed by atoms with van der Waals surface area (Å²) in [6.45, 7) is 2.05. The number of halogens is 2. The Balaban J connectivity index is 1.49. The van der Waals surface area contributed by atoms with Crippen LogP contribution in [-0.4, -0.2) is 77.8 Å². The van der Waals surface area contributed by atoms with Gasteiger partial charge in [-0.3, -0.25) is 9.59 Å². The van der Waals surface area contributed by atoms with Crippen molar-refractivity contribution in [2.45, 2.75) is 30.3 Å². The number of carbonyl (C=O) groups excluding carboxylic acids is 1. The zero-order chi connectivity index (χ0) is 27.3. The summed E-state index contributed by atoms with van der Waals surface area (Å²) in [6.07, 6.45) is -0.665. The van der Waals surface area contributed by atoms with Gasteiger partial charge in [0.15, 0.2) is 11.6 Å². The Labute approximate surface area is 228 Å². The zero-order valence-electron chi connectivity index (χ0n) is 20.0. The van der Waals surface area contributed by atoms with Crippen molar-refractivity contribution in [3.05, 3.63) is 63.9 Å². The van der Waals surface area contributed by atoms with E-state index < -0.39 is 40.8 Å². The molecule has 1 aromatic heterocycles. The van der Waals surface area contributed by atoms with Crippen molar-refractivity contribution in [2.24, 2.45) is 0 Å². The number of aliphatic carboxylic acids is 1. The first kappa shape index (κ1) is 27.9. The molecule has 1 fully saturated rings. The molecule has 0 radical (unpaired) electrons. The average molecular weight is 583 g/mol. The van der Waals surface area contributed by atoms with Crippen molar-refractivity contribution >= 4 is 50.7 Å². The molecule has 15 heteroatoms. The molecule has 1 atom stereocenters. The number of rotatable bonds is 11. The number of hydrogen-bond acceptors (Lipinski definition) is 9. The van der Waals surface area contributed by atoms with E-state index in [0.717, 1.165) is 10.4 Å². The number of nitrogens with one attached hydrogen (secondary N) is 1. The van der Waals surface area contributed by atoms with Gasteiger partial charge in [-0.1, -0.05) is 29.3 Å². The summed E-state index contributed by atoms with van der Waals surface area (Å²) in [5.74, 6) is -1.85. The van der Waals surface area contributed by atoms with Gasteiger partial charge in [0.2, 0.25) is 10.0 Å². The van der Waals surface area contributed by atoms with Gasteiger partial charge < -0.3 is 14.7 Å². The maximum absolute atomic E-state index is 13.1. The fourth-order valence-corrected chi connectivity index (χ4v) is 5.65. The molecule has 1 saturated heterocycles. The van der Waals surface area contributed by atoms with Crippen LogP contribution in [0.2, 0.25) is 10.0 Å². The van der Waals surface area contributed by atoms with Crippen LogP contribution >= 0.6 is 23.2 Å². The molecule has 2 heterocycles. The minimum absolute atomic E-state index is 0.101. The molecule has 202 valence electrons. The molecular weight excluding hydrogens is 559 g/mol. The first-order valence-corrected chi connectivity index (χ1v) is 13.8. The maximum Gasteiger partial charge on any atom is 0.305 e. The lowest BCUT2D eigenvalue weighted by molar-refractivity contribution is -0.139. The number of carboxylic acid groups (broad SMARTS) is 1. The molecule has 0 aliphatic carbocycles. The lowest BCUT2D eigenvalue weighted by atomic mass is 10.1. The molecule has 2 N–H and O–H groups in total. The normalized spacial score (nSPS) is 14.8. The number of Topliss-reactive ketones (excluding diaryl/α,β-unsaturated/α-hetero) is 1. The molecule has 0 amide bonds. The minimum atomic E-state index is -4.22. The highest BCUT2D eigenvalue weighted by molar-refractivity contribution is 7.89. The fraction of sp³-hybridized carbons (Fsp3) is 0.348. The first-order valence-electron chi connectivity index (χ1n) is 11.5. The van der Waals surface area contributed by atoms with Crippen LogP contribution < -0.4 is 9.62 Å². The van der Waals surface area contributed by atoms with E-state index in [1.807, 2.05) is 0 Å². The van der Waals surface area contributed by atoms with E-state index in [2.05, 4.69) is 25.1 Å². The van der Waals surface area contributed by atoms with Gasteiger partial charge in [-0.25, -0.2) is 13.1 Å². The molecule has 4 rings (SSSR count). The molecule has 2 aromatic carbocycles. The van der Waals surface area contributed by atoms with Gasteiger partial charge in [0.1, 0.15) is 6.54 Å². The number of sulfonamides is 1. The van der Waals surface area contributed by atoms with Gasteiger partial charge in [-0.15, -0.1) is 5.10 Å². The van der Waals surface area contributed by atoms with E-state index in [1.54, 1.807) is 30.3 Å². The van der Waals surface area contributed by atoms with Crippen LogP contribution in [-0.2, 0) is 37.3 Å². The van der Waals surface area contributed by atoms with Crippen LogP contribution in [0, 0.1) is 0 Å².